The number of hydrogen-bond donors (Lipinski definition) is 0. The Kier molecular flexibility index (Phi) is 2.72. The van der Waals surface area contributed by atoms with Gasteiger partial charge in [0, 0.05) is 10.8 Å². The highest BCUT2D eigenvalue weighted by Gasteiger charge is 2.19. The summed E-state index contributed by atoms with van der Waals surface area (Å²) in [6, 6.07) is 13.9. The average molecular weight is 271 g/mol. The molecule has 1 unspecified atom stereocenters. The molecule has 96 valence electrons. The molecule has 0 fully saturated rings. The summed E-state index contributed by atoms with van der Waals surface area (Å²) >= 11 is 0. The Labute approximate surface area is 112 Å². The second-order valence-electron chi connectivity index (χ2n) is 5.83. The molecule has 0 bridgehead atoms. The van der Waals surface area contributed by atoms with E-state index >= 15 is 0 Å². The van der Waals surface area contributed by atoms with Gasteiger partial charge in [0.15, 0.2) is 5.58 Å². The van der Waals surface area contributed by atoms with E-state index in [0.717, 1.165) is 15.9 Å². The SMILES string of the molecule is CC(C)(C)c1ccc2o[p+](=O)c3ccccc3c2c1. The minimum atomic E-state index is -1.78. The Balaban J connectivity index is 2.48. The van der Waals surface area contributed by atoms with Crippen LogP contribution in [0.1, 0.15) is 26.3 Å². The third-order valence-corrected chi connectivity index (χ3v) is 4.56. The van der Waals surface area contributed by atoms with Gasteiger partial charge < -0.3 is 0 Å². The Hall–Kier alpha value is -1.66. The van der Waals surface area contributed by atoms with Gasteiger partial charge in [-0.15, -0.1) is 0 Å². The average Bonchev–Trinajstić information content (AvgIpc) is 2.37. The van der Waals surface area contributed by atoms with Gasteiger partial charge >= 0.3 is 7.65 Å². The summed E-state index contributed by atoms with van der Waals surface area (Å²) < 4.78 is 17.6. The Morgan fingerprint density at radius 2 is 1.74 bits per heavy atom. The number of rotatable bonds is 0. The van der Waals surface area contributed by atoms with E-state index in [0.29, 0.717) is 5.58 Å². The van der Waals surface area contributed by atoms with Crippen molar-refractivity contribution in [1.82, 2.24) is 0 Å². The first kappa shape index (κ1) is 12.4. The lowest BCUT2D eigenvalue weighted by Crippen LogP contribution is -2.10. The van der Waals surface area contributed by atoms with Crippen LogP contribution in [0.2, 0.25) is 0 Å². The van der Waals surface area contributed by atoms with Crippen LogP contribution in [0.5, 0.6) is 0 Å². The van der Waals surface area contributed by atoms with Crippen LogP contribution in [0.25, 0.3) is 21.5 Å². The highest BCUT2D eigenvalue weighted by Crippen LogP contribution is 2.36. The minimum absolute atomic E-state index is 0.0869. The van der Waals surface area contributed by atoms with Crippen LogP contribution in [0.15, 0.2) is 46.7 Å². The predicted molar refractivity (Wildman–Crippen MR) is 80.0 cm³/mol. The Morgan fingerprint density at radius 3 is 2.47 bits per heavy atom. The number of benzene rings is 2. The molecular weight excluding hydrogens is 255 g/mol. The monoisotopic (exact) mass is 271 g/mol. The third kappa shape index (κ3) is 2.06. The molecule has 3 heteroatoms. The highest BCUT2D eigenvalue weighted by molar-refractivity contribution is 7.37. The van der Waals surface area contributed by atoms with Crippen molar-refractivity contribution in [1.29, 1.82) is 0 Å². The lowest BCUT2D eigenvalue weighted by molar-refractivity contribution is 0.563. The van der Waals surface area contributed by atoms with Crippen LogP contribution in [-0.4, -0.2) is 0 Å². The molecule has 3 rings (SSSR count). The van der Waals surface area contributed by atoms with Crippen molar-refractivity contribution in [2.24, 2.45) is 0 Å². The number of hydrogen-bond acceptors (Lipinski definition) is 2. The zero-order valence-electron chi connectivity index (χ0n) is 11.3. The fourth-order valence-corrected chi connectivity index (χ4v) is 3.32. The fraction of sp³-hybridized carbons (Fsp3) is 0.250. The van der Waals surface area contributed by atoms with E-state index in [1.807, 2.05) is 30.3 Å². The summed E-state index contributed by atoms with van der Waals surface area (Å²) in [6.45, 7) is 6.56. The van der Waals surface area contributed by atoms with E-state index in [-0.39, 0.29) is 5.41 Å². The maximum Gasteiger partial charge on any atom is 0.597 e. The first-order valence-corrected chi connectivity index (χ1v) is 7.54. The van der Waals surface area contributed by atoms with Gasteiger partial charge in [0.05, 0.1) is 0 Å². The largest absolute Gasteiger partial charge is 0.597 e. The van der Waals surface area contributed by atoms with Crippen LogP contribution in [0, 0.1) is 0 Å². The van der Waals surface area contributed by atoms with Crippen molar-refractivity contribution in [3.05, 3.63) is 48.0 Å². The van der Waals surface area contributed by atoms with Crippen molar-refractivity contribution in [2.75, 3.05) is 0 Å². The van der Waals surface area contributed by atoms with Crippen molar-refractivity contribution in [2.45, 2.75) is 26.2 Å². The maximum atomic E-state index is 12.1. The van der Waals surface area contributed by atoms with Crippen molar-refractivity contribution >= 4 is 29.1 Å². The summed E-state index contributed by atoms with van der Waals surface area (Å²) in [5.74, 6) is 0. The molecule has 0 N–H and O–H groups in total. The molecule has 1 aromatic heterocycles. The molecule has 1 heterocycles. The van der Waals surface area contributed by atoms with Gasteiger partial charge in [-0.1, -0.05) is 39.0 Å². The predicted octanol–water partition coefficient (Wildman–Crippen LogP) is 5.63. The Bertz CT molecular complexity index is 825. The summed E-state index contributed by atoms with van der Waals surface area (Å²) in [5, 5.41) is 2.85. The molecule has 0 aliphatic carbocycles. The topological polar surface area (TPSA) is 30.2 Å². The summed E-state index contributed by atoms with van der Waals surface area (Å²) in [5.41, 5.74) is 2.05. The quantitative estimate of drug-likeness (QED) is 0.496. The molecule has 0 saturated heterocycles. The molecule has 0 spiro atoms. The van der Waals surface area contributed by atoms with Crippen molar-refractivity contribution < 1.29 is 8.76 Å². The van der Waals surface area contributed by atoms with Crippen molar-refractivity contribution in [3.63, 3.8) is 0 Å². The summed E-state index contributed by atoms with van der Waals surface area (Å²) in [6.07, 6.45) is 0. The van der Waals surface area contributed by atoms with E-state index < -0.39 is 7.65 Å². The number of fused-ring (bicyclic) bond motifs is 3. The fourth-order valence-electron chi connectivity index (χ4n) is 2.29. The van der Waals surface area contributed by atoms with Crippen LogP contribution < -0.4 is 0 Å². The lowest BCUT2D eigenvalue weighted by atomic mass is 9.86. The molecular formula is C16H16O2P+. The normalized spacial score (nSPS) is 13.1. The smallest absolute Gasteiger partial charge is 0.250 e. The first-order valence-electron chi connectivity index (χ1n) is 6.36. The molecule has 2 aromatic carbocycles. The van der Waals surface area contributed by atoms with Crippen molar-refractivity contribution in [3.8, 4) is 0 Å². The molecule has 19 heavy (non-hydrogen) atoms. The second-order valence-corrected chi connectivity index (χ2v) is 7.01. The minimum Gasteiger partial charge on any atom is -0.250 e. The van der Waals surface area contributed by atoms with Crippen LogP contribution in [-0.2, 0) is 9.98 Å². The standard InChI is InChI=1S/C16H16O2P/c1-16(2,3)11-8-9-14-13(10-11)12-6-4-5-7-15(12)19(17)18-14/h4-10H,1-3H3/q+1. The molecule has 0 amide bonds. The molecule has 0 radical (unpaired) electrons. The van der Waals surface area contributed by atoms with Gasteiger partial charge in [-0.05, 0) is 39.8 Å². The molecule has 2 nitrogen and oxygen atoms in total. The van der Waals surface area contributed by atoms with E-state index in [1.165, 1.54) is 5.56 Å². The molecule has 0 saturated carbocycles. The van der Waals surface area contributed by atoms with Gasteiger partial charge in [-0.3, -0.25) is 0 Å². The molecule has 1 atom stereocenters. The van der Waals surface area contributed by atoms with Crippen LogP contribution >= 0.6 is 7.65 Å². The van der Waals surface area contributed by atoms with E-state index in [2.05, 4.69) is 32.9 Å². The third-order valence-electron chi connectivity index (χ3n) is 3.42. The van der Waals surface area contributed by atoms with E-state index in [4.69, 9.17) is 4.20 Å². The van der Waals surface area contributed by atoms with Gasteiger partial charge in [0.2, 0.25) is 5.12 Å². The summed E-state index contributed by atoms with van der Waals surface area (Å²) in [7, 11) is -1.78. The summed E-state index contributed by atoms with van der Waals surface area (Å²) in [4.78, 5) is 0. The zero-order valence-corrected chi connectivity index (χ0v) is 12.2. The molecule has 0 aliphatic rings. The highest BCUT2D eigenvalue weighted by atomic mass is 31.1. The molecule has 0 aliphatic heterocycles. The van der Waals surface area contributed by atoms with E-state index in [1.54, 1.807) is 0 Å². The first-order chi connectivity index (χ1) is 8.97. The van der Waals surface area contributed by atoms with Gasteiger partial charge in [0.25, 0.3) is 0 Å². The van der Waals surface area contributed by atoms with Crippen LogP contribution in [0.3, 0.4) is 0 Å². The van der Waals surface area contributed by atoms with E-state index in [9.17, 15) is 4.57 Å². The lowest BCUT2D eigenvalue weighted by Gasteiger charge is -2.18. The second kappa shape index (κ2) is 4.18. The zero-order chi connectivity index (χ0) is 13.6. The Morgan fingerprint density at radius 1 is 1.00 bits per heavy atom. The van der Waals surface area contributed by atoms with Gasteiger partial charge in [0.1, 0.15) is 0 Å². The van der Waals surface area contributed by atoms with Gasteiger partial charge in [-0.25, -0.2) is 4.20 Å². The van der Waals surface area contributed by atoms with Gasteiger partial charge in [-0.2, -0.15) is 0 Å². The molecule has 3 aromatic rings. The maximum absolute atomic E-state index is 12.1. The van der Waals surface area contributed by atoms with Crippen LogP contribution in [0.4, 0.5) is 0 Å².